The number of nitrogens with zero attached hydrogens (tertiary/aromatic N) is 4. The summed E-state index contributed by atoms with van der Waals surface area (Å²) in [7, 11) is 0. The Bertz CT molecular complexity index is 1120. The predicted octanol–water partition coefficient (Wildman–Crippen LogP) is 5.30. The number of aryl methyl sites for hydroxylation is 1. The third kappa shape index (κ3) is 4.80. The van der Waals surface area contributed by atoms with E-state index in [2.05, 4.69) is 21.9 Å². The van der Waals surface area contributed by atoms with Crippen LogP contribution in [-0.4, -0.2) is 19.9 Å². The molecule has 2 heterocycles. The van der Waals surface area contributed by atoms with E-state index < -0.39 is 0 Å². The lowest BCUT2D eigenvalue weighted by molar-refractivity contribution is 0.289. The van der Waals surface area contributed by atoms with Crippen LogP contribution in [-0.2, 0) is 18.9 Å². The minimum absolute atomic E-state index is 0.340. The topological polar surface area (TPSA) is 66.0 Å². The number of thioether (sulfide) groups is 1. The van der Waals surface area contributed by atoms with E-state index in [0.717, 1.165) is 39.3 Å². The van der Waals surface area contributed by atoms with Gasteiger partial charge in [-0.1, -0.05) is 65.5 Å². The first-order chi connectivity index (χ1) is 14.7. The average molecular weight is 419 g/mol. The maximum Gasteiger partial charge on any atom is 0.191 e. The van der Waals surface area contributed by atoms with Crippen molar-refractivity contribution < 1.29 is 9.26 Å². The zero-order chi connectivity index (χ0) is 20.8. The highest BCUT2D eigenvalue weighted by atomic mass is 32.2. The molecule has 0 N–H and O–H groups in total. The summed E-state index contributed by atoms with van der Waals surface area (Å²) in [6, 6.07) is 19.8. The lowest BCUT2D eigenvalue weighted by Crippen LogP contribution is -2.07. The first-order valence-corrected chi connectivity index (χ1v) is 10.6. The van der Waals surface area contributed by atoms with E-state index in [1.165, 1.54) is 0 Å². The Morgan fingerprint density at radius 1 is 1.10 bits per heavy atom. The van der Waals surface area contributed by atoms with E-state index in [1.807, 2.05) is 78.2 Å². The van der Waals surface area contributed by atoms with Crippen LogP contribution < -0.4 is 4.74 Å². The Hall–Kier alpha value is -3.32. The van der Waals surface area contributed by atoms with Gasteiger partial charge in [0.15, 0.2) is 16.7 Å². The number of hydrogen-bond acceptors (Lipinski definition) is 6. The van der Waals surface area contributed by atoms with Gasteiger partial charge in [0.25, 0.3) is 0 Å². The van der Waals surface area contributed by atoms with Gasteiger partial charge in [0.1, 0.15) is 12.4 Å². The van der Waals surface area contributed by atoms with Gasteiger partial charge in [0.05, 0.1) is 5.69 Å². The van der Waals surface area contributed by atoms with E-state index in [-0.39, 0.29) is 0 Å². The lowest BCUT2D eigenvalue weighted by Gasteiger charge is -2.09. The SMILES string of the molecule is C=CCn1c(COc2cccc(C)c2)nnc1SCc1cc(-c2ccccc2)on1. The largest absolute Gasteiger partial charge is 0.486 e. The number of ether oxygens (including phenoxy) is 1. The summed E-state index contributed by atoms with van der Waals surface area (Å²) in [5.74, 6) is 2.95. The Morgan fingerprint density at radius 2 is 1.97 bits per heavy atom. The summed E-state index contributed by atoms with van der Waals surface area (Å²) in [6.07, 6.45) is 1.83. The number of allylic oxidation sites excluding steroid dienone is 1. The number of hydrogen-bond donors (Lipinski definition) is 0. The Balaban J connectivity index is 1.43. The fraction of sp³-hybridized carbons (Fsp3) is 0.174. The van der Waals surface area contributed by atoms with Crippen LogP contribution in [0.2, 0.25) is 0 Å². The molecular weight excluding hydrogens is 396 g/mol. The Kier molecular flexibility index (Phi) is 6.29. The van der Waals surface area contributed by atoms with Crippen LogP contribution in [0.1, 0.15) is 17.1 Å². The molecule has 7 heteroatoms. The smallest absolute Gasteiger partial charge is 0.191 e. The molecule has 0 saturated heterocycles. The number of aromatic nitrogens is 4. The molecule has 0 atom stereocenters. The van der Waals surface area contributed by atoms with Crippen LogP contribution in [0.4, 0.5) is 0 Å². The molecule has 2 aromatic heterocycles. The summed E-state index contributed by atoms with van der Waals surface area (Å²) in [5.41, 5.74) is 3.01. The summed E-state index contributed by atoms with van der Waals surface area (Å²) in [5, 5.41) is 13.6. The lowest BCUT2D eigenvalue weighted by atomic mass is 10.2. The molecule has 0 bridgehead atoms. The molecule has 4 rings (SSSR count). The fourth-order valence-corrected chi connectivity index (χ4v) is 3.80. The highest BCUT2D eigenvalue weighted by Crippen LogP contribution is 2.26. The van der Waals surface area contributed by atoms with Crippen LogP contribution in [0.25, 0.3) is 11.3 Å². The fourth-order valence-electron chi connectivity index (χ4n) is 2.95. The minimum Gasteiger partial charge on any atom is -0.486 e. The highest BCUT2D eigenvalue weighted by Gasteiger charge is 2.14. The minimum atomic E-state index is 0.340. The molecule has 0 radical (unpaired) electrons. The molecule has 6 nitrogen and oxygen atoms in total. The second-order valence-electron chi connectivity index (χ2n) is 6.74. The van der Waals surface area contributed by atoms with Crippen LogP contribution in [0.15, 0.2) is 83.0 Å². The summed E-state index contributed by atoms with van der Waals surface area (Å²) in [4.78, 5) is 0. The molecule has 152 valence electrons. The molecule has 0 aliphatic rings. The zero-order valence-electron chi connectivity index (χ0n) is 16.7. The van der Waals surface area contributed by atoms with Crippen molar-refractivity contribution in [2.24, 2.45) is 0 Å². The second-order valence-corrected chi connectivity index (χ2v) is 7.68. The van der Waals surface area contributed by atoms with Crippen molar-refractivity contribution in [3.63, 3.8) is 0 Å². The van der Waals surface area contributed by atoms with Gasteiger partial charge in [-0.25, -0.2) is 0 Å². The molecule has 0 fully saturated rings. The standard InChI is InChI=1S/C23H22N4O2S/c1-3-12-27-22(15-28-20-11-7-8-17(2)13-20)24-25-23(27)30-16-19-14-21(29-26-19)18-9-5-4-6-10-18/h3-11,13-14H,1,12,15-16H2,2H3. The zero-order valence-corrected chi connectivity index (χ0v) is 17.5. The van der Waals surface area contributed by atoms with E-state index in [4.69, 9.17) is 9.26 Å². The van der Waals surface area contributed by atoms with Crippen molar-refractivity contribution in [2.75, 3.05) is 0 Å². The molecule has 0 spiro atoms. The second kappa shape index (κ2) is 9.45. The van der Waals surface area contributed by atoms with E-state index in [9.17, 15) is 0 Å². The molecule has 4 aromatic rings. The molecule has 0 aliphatic carbocycles. The third-order valence-corrected chi connectivity index (χ3v) is 5.43. The van der Waals surface area contributed by atoms with Crippen molar-refractivity contribution in [3.8, 4) is 17.1 Å². The Labute approximate surface area is 179 Å². The molecule has 0 saturated carbocycles. The van der Waals surface area contributed by atoms with Gasteiger partial charge in [-0.05, 0) is 24.6 Å². The van der Waals surface area contributed by atoms with Crippen LogP contribution >= 0.6 is 11.8 Å². The van der Waals surface area contributed by atoms with Gasteiger partial charge >= 0.3 is 0 Å². The van der Waals surface area contributed by atoms with Gasteiger partial charge < -0.3 is 9.26 Å². The molecule has 0 amide bonds. The first kappa shape index (κ1) is 20.0. The van der Waals surface area contributed by atoms with E-state index in [0.29, 0.717) is 18.9 Å². The first-order valence-electron chi connectivity index (χ1n) is 9.59. The number of rotatable bonds is 9. The quantitative estimate of drug-likeness (QED) is 0.271. The normalized spacial score (nSPS) is 10.8. The van der Waals surface area contributed by atoms with Gasteiger partial charge in [0, 0.05) is 23.9 Å². The van der Waals surface area contributed by atoms with Crippen LogP contribution in [0, 0.1) is 6.92 Å². The maximum absolute atomic E-state index is 5.89. The van der Waals surface area contributed by atoms with Crippen molar-refractivity contribution in [2.45, 2.75) is 31.0 Å². The highest BCUT2D eigenvalue weighted by molar-refractivity contribution is 7.98. The average Bonchev–Trinajstić information content (AvgIpc) is 3.39. The van der Waals surface area contributed by atoms with Crippen molar-refractivity contribution in [1.82, 2.24) is 19.9 Å². The summed E-state index contributed by atoms with van der Waals surface area (Å²) in [6.45, 7) is 6.83. The van der Waals surface area contributed by atoms with E-state index in [1.54, 1.807) is 11.8 Å². The maximum atomic E-state index is 5.89. The van der Waals surface area contributed by atoms with Crippen molar-refractivity contribution in [1.29, 1.82) is 0 Å². The predicted molar refractivity (Wildman–Crippen MR) is 117 cm³/mol. The van der Waals surface area contributed by atoms with Crippen LogP contribution in [0.3, 0.4) is 0 Å². The van der Waals surface area contributed by atoms with Crippen LogP contribution in [0.5, 0.6) is 5.75 Å². The summed E-state index contributed by atoms with van der Waals surface area (Å²) >= 11 is 1.56. The molecule has 30 heavy (non-hydrogen) atoms. The Morgan fingerprint density at radius 3 is 2.77 bits per heavy atom. The van der Waals surface area contributed by atoms with Gasteiger partial charge in [-0.3, -0.25) is 4.57 Å². The molecular formula is C23H22N4O2S. The number of benzene rings is 2. The van der Waals surface area contributed by atoms with Crippen molar-refractivity contribution >= 4 is 11.8 Å². The summed E-state index contributed by atoms with van der Waals surface area (Å²) < 4.78 is 13.4. The van der Waals surface area contributed by atoms with Gasteiger partial charge in [0.2, 0.25) is 0 Å². The molecule has 0 unspecified atom stereocenters. The van der Waals surface area contributed by atoms with Gasteiger partial charge in [-0.2, -0.15) is 0 Å². The van der Waals surface area contributed by atoms with E-state index >= 15 is 0 Å². The third-order valence-electron chi connectivity index (χ3n) is 4.43. The molecule has 2 aromatic carbocycles. The monoisotopic (exact) mass is 418 g/mol. The van der Waals surface area contributed by atoms with Gasteiger partial charge in [-0.15, -0.1) is 16.8 Å². The molecule has 0 aliphatic heterocycles. The van der Waals surface area contributed by atoms with Crippen molar-refractivity contribution in [3.05, 3.63) is 90.4 Å².